The van der Waals surface area contributed by atoms with E-state index in [0.29, 0.717) is 18.2 Å². The fraction of sp³-hybridized carbons (Fsp3) is 0.0200. The van der Waals surface area contributed by atoms with Gasteiger partial charge in [0.05, 0.1) is 6.54 Å². The van der Waals surface area contributed by atoms with Crippen molar-refractivity contribution in [3.05, 3.63) is 193 Å². The maximum absolute atomic E-state index is 6.51. The van der Waals surface area contributed by atoms with Crippen LogP contribution in [-0.2, 0) is 6.54 Å². The first kappa shape index (κ1) is 32.3. The number of hydrogen-bond donors (Lipinski definition) is 0. The number of para-hydroxylation sites is 2. The first-order chi connectivity index (χ1) is 27.2. The molecule has 260 valence electrons. The fourth-order valence-electron chi connectivity index (χ4n) is 7.52. The van der Waals surface area contributed by atoms with Gasteiger partial charge < -0.3 is 8.83 Å². The van der Waals surface area contributed by atoms with Crippen molar-refractivity contribution in [2.24, 2.45) is 15.0 Å². The Hall–Kier alpha value is -7.37. The van der Waals surface area contributed by atoms with Crippen LogP contribution in [0.15, 0.2) is 200 Å². The second-order valence-corrected chi connectivity index (χ2v) is 13.7. The van der Waals surface area contributed by atoms with Gasteiger partial charge in [-0.2, -0.15) is 0 Å². The summed E-state index contributed by atoms with van der Waals surface area (Å²) in [6.45, 7) is 4.50. The minimum absolute atomic E-state index is 0.442. The second-order valence-electron chi connectivity index (χ2n) is 13.7. The summed E-state index contributed by atoms with van der Waals surface area (Å²) in [5.74, 6) is 1.02. The predicted octanol–water partition coefficient (Wildman–Crippen LogP) is 13.1. The van der Waals surface area contributed by atoms with Crippen LogP contribution in [0.25, 0.3) is 76.9 Å². The van der Waals surface area contributed by atoms with E-state index in [-0.39, 0.29) is 0 Å². The molecule has 0 spiro atoms. The molecule has 8 aromatic carbocycles. The third kappa shape index (κ3) is 5.98. The molecular weight excluding hydrogens is 675 g/mol. The molecule has 0 unspecified atom stereocenters. The second kappa shape index (κ2) is 13.6. The average molecular weight is 708 g/mol. The lowest BCUT2D eigenvalue weighted by Crippen LogP contribution is -2.06. The number of furan rings is 2. The van der Waals surface area contributed by atoms with E-state index in [0.717, 1.165) is 82.8 Å². The number of fused-ring (bicyclic) bond motifs is 7. The van der Waals surface area contributed by atoms with Crippen LogP contribution in [0.3, 0.4) is 0 Å². The van der Waals surface area contributed by atoms with Crippen molar-refractivity contribution in [1.29, 1.82) is 0 Å². The molecule has 0 saturated heterocycles. The van der Waals surface area contributed by atoms with Crippen molar-refractivity contribution in [1.82, 2.24) is 0 Å². The molecule has 0 bridgehead atoms. The number of benzene rings is 8. The molecule has 0 aliphatic heterocycles. The highest BCUT2D eigenvalue weighted by molar-refractivity contribution is 6.23. The van der Waals surface area contributed by atoms with Crippen LogP contribution in [0, 0.1) is 0 Å². The molecule has 55 heavy (non-hydrogen) atoms. The summed E-state index contributed by atoms with van der Waals surface area (Å²) in [5, 5.41) is 6.40. The maximum atomic E-state index is 6.51. The monoisotopic (exact) mass is 707 g/mol. The molecule has 5 nitrogen and oxygen atoms in total. The summed E-state index contributed by atoms with van der Waals surface area (Å²) < 4.78 is 12.7. The van der Waals surface area contributed by atoms with Crippen LogP contribution in [-0.4, -0.2) is 18.4 Å². The van der Waals surface area contributed by atoms with Crippen molar-refractivity contribution in [3.8, 4) is 22.3 Å². The van der Waals surface area contributed by atoms with Gasteiger partial charge >= 0.3 is 0 Å². The van der Waals surface area contributed by atoms with Gasteiger partial charge in [0.2, 0.25) is 0 Å². The summed E-state index contributed by atoms with van der Waals surface area (Å²) in [4.78, 5) is 15.0. The summed E-state index contributed by atoms with van der Waals surface area (Å²) in [6, 6.07) is 60.3. The lowest BCUT2D eigenvalue weighted by Gasteiger charge is -2.10. The van der Waals surface area contributed by atoms with Gasteiger partial charge in [0.15, 0.2) is 11.7 Å². The lowest BCUT2D eigenvalue weighted by molar-refractivity contribution is 0.669. The number of rotatable bonds is 6. The lowest BCUT2D eigenvalue weighted by atomic mass is 9.97. The third-order valence-corrected chi connectivity index (χ3v) is 10.3. The van der Waals surface area contributed by atoms with Crippen LogP contribution in [0.2, 0.25) is 0 Å². The van der Waals surface area contributed by atoms with Gasteiger partial charge in [-0.25, -0.2) is 9.98 Å². The summed E-state index contributed by atoms with van der Waals surface area (Å²) in [7, 11) is 0. The largest absolute Gasteiger partial charge is 0.456 e. The van der Waals surface area contributed by atoms with Crippen LogP contribution >= 0.6 is 0 Å². The molecule has 0 amide bonds. The fourth-order valence-corrected chi connectivity index (χ4v) is 7.52. The molecule has 0 atom stereocenters. The Balaban J connectivity index is 1.14. The maximum Gasteiger partial charge on any atom is 0.161 e. The number of nitrogens with zero attached hydrogens (tertiary/aromatic N) is 3. The molecule has 0 aliphatic rings. The van der Waals surface area contributed by atoms with Crippen molar-refractivity contribution >= 4 is 73.0 Å². The van der Waals surface area contributed by atoms with E-state index in [1.165, 1.54) is 10.8 Å². The Morgan fingerprint density at radius 1 is 0.455 bits per heavy atom. The Labute approximate surface area is 317 Å². The van der Waals surface area contributed by atoms with Crippen molar-refractivity contribution in [3.63, 3.8) is 0 Å². The molecular formula is C50H33N3O2. The molecule has 0 N–H and O–H groups in total. The Morgan fingerprint density at radius 3 is 1.93 bits per heavy atom. The highest BCUT2D eigenvalue weighted by Crippen LogP contribution is 2.38. The van der Waals surface area contributed by atoms with Gasteiger partial charge in [0.1, 0.15) is 22.3 Å². The van der Waals surface area contributed by atoms with Crippen molar-refractivity contribution < 1.29 is 8.83 Å². The first-order valence-corrected chi connectivity index (χ1v) is 18.3. The molecule has 2 aromatic heterocycles. The zero-order chi connectivity index (χ0) is 36.7. The predicted molar refractivity (Wildman–Crippen MR) is 229 cm³/mol. The minimum atomic E-state index is 0.442. The van der Waals surface area contributed by atoms with E-state index in [9.17, 15) is 0 Å². The van der Waals surface area contributed by atoms with E-state index in [4.69, 9.17) is 18.8 Å². The minimum Gasteiger partial charge on any atom is -0.456 e. The van der Waals surface area contributed by atoms with Crippen LogP contribution in [0.1, 0.15) is 16.7 Å². The molecule has 0 radical (unpaired) electrons. The quantitative estimate of drug-likeness (QED) is 0.128. The zero-order valence-electron chi connectivity index (χ0n) is 29.8. The van der Waals surface area contributed by atoms with E-state index in [1.807, 2.05) is 48.5 Å². The Kier molecular flexibility index (Phi) is 7.96. The molecule has 10 aromatic rings. The number of hydrogen-bond acceptors (Lipinski definition) is 3. The van der Waals surface area contributed by atoms with Crippen LogP contribution in [0.5, 0.6) is 0 Å². The van der Waals surface area contributed by atoms with Gasteiger partial charge in [-0.05, 0) is 87.8 Å². The normalized spacial score (nSPS) is 12.4. The topological polar surface area (TPSA) is 63.4 Å². The zero-order valence-corrected chi connectivity index (χ0v) is 29.8. The van der Waals surface area contributed by atoms with Gasteiger partial charge in [-0.1, -0.05) is 133 Å². The average Bonchev–Trinajstić information content (AvgIpc) is 3.82. The van der Waals surface area contributed by atoms with Crippen LogP contribution in [0.4, 0.5) is 0 Å². The van der Waals surface area contributed by atoms with Gasteiger partial charge in [-0.15, -0.1) is 0 Å². The number of amidine groups is 2. The van der Waals surface area contributed by atoms with E-state index in [2.05, 4.69) is 139 Å². The molecule has 2 heterocycles. The molecule has 0 fully saturated rings. The Morgan fingerprint density at radius 2 is 1.11 bits per heavy atom. The highest BCUT2D eigenvalue weighted by atomic mass is 16.3. The Bertz CT molecular complexity index is 3130. The van der Waals surface area contributed by atoms with Crippen molar-refractivity contribution in [2.45, 2.75) is 6.54 Å². The number of aliphatic imine (C=N–C) groups is 3. The standard InChI is InChI=1S/C50H33N3O2/c1-51-50(53-49(36-23-21-35(22-24-36)33-11-3-2-4-12-33)52-31-32-19-20-34-13-5-6-14-37(34)27-32)43-29-39(30-47-48(43)41-16-8-10-18-45(41)55-47)38-25-26-46-42(28-38)40-15-7-9-17-44(40)54-46/h2-30H,1,31H2/b52-49-,53-50-. The van der Waals surface area contributed by atoms with Gasteiger partial charge in [0, 0.05) is 32.7 Å². The SMILES string of the molecule is C=N/C(=N\C(=N/Cc1ccc2ccccc2c1)c1ccc(-c2ccccc2)cc1)c1cc(-c2ccc3oc4ccccc4c3c2)cc2oc3ccccc3c12. The molecule has 5 heteroatoms. The van der Waals surface area contributed by atoms with E-state index in [1.54, 1.807) is 0 Å². The summed E-state index contributed by atoms with van der Waals surface area (Å²) in [5.41, 5.74) is 10.3. The highest BCUT2D eigenvalue weighted by Gasteiger charge is 2.19. The van der Waals surface area contributed by atoms with Crippen LogP contribution < -0.4 is 0 Å². The first-order valence-electron chi connectivity index (χ1n) is 18.3. The van der Waals surface area contributed by atoms with Crippen molar-refractivity contribution in [2.75, 3.05) is 0 Å². The molecule has 0 saturated carbocycles. The molecule has 0 aliphatic carbocycles. The van der Waals surface area contributed by atoms with Gasteiger partial charge in [0.25, 0.3) is 0 Å². The molecule has 10 rings (SSSR count). The third-order valence-electron chi connectivity index (χ3n) is 10.3. The smallest absolute Gasteiger partial charge is 0.161 e. The van der Waals surface area contributed by atoms with E-state index >= 15 is 0 Å². The summed E-state index contributed by atoms with van der Waals surface area (Å²) >= 11 is 0. The van der Waals surface area contributed by atoms with E-state index < -0.39 is 0 Å². The van der Waals surface area contributed by atoms with Gasteiger partial charge in [-0.3, -0.25) is 4.99 Å². The summed E-state index contributed by atoms with van der Waals surface area (Å²) in [6.07, 6.45) is 0.